The molecule has 1 aliphatic rings. The van der Waals surface area contributed by atoms with E-state index in [0.29, 0.717) is 12.3 Å². The second kappa shape index (κ2) is 6.75. The van der Waals surface area contributed by atoms with Crippen LogP contribution in [0.2, 0.25) is 0 Å². The second-order valence-corrected chi connectivity index (χ2v) is 6.08. The van der Waals surface area contributed by atoms with Gasteiger partial charge in [-0.05, 0) is 36.3 Å². The summed E-state index contributed by atoms with van der Waals surface area (Å²) < 4.78 is 0. The van der Waals surface area contributed by atoms with Crippen LogP contribution in [0.5, 0.6) is 0 Å². The molecule has 3 nitrogen and oxygen atoms in total. The summed E-state index contributed by atoms with van der Waals surface area (Å²) in [5, 5.41) is 3.07. The van der Waals surface area contributed by atoms with Crippen molar-refractivity contribution in [3.8, 4) is 0 Å². The van der Waals surface area contributed by atoms with Gasteiger partial charge in [0.2, 0.25) is 5.91 Å². The molecule has 3 N–H and O–H groups in total. The maximum absolute atomic E-state index is 12.2. The van der Waals surface area contributed by atoms with E-state index in [2.05, 4.69) is 29.6 Å². The Morgan fingerprint density at radius 1 is 1.05 bits per heavy atom. The van der Waals surface area contributed by atoms with Crippen LogP contribution >= 0.6 is 0 Å². The van der Waals surface area contributed by atoms with E-state index in [-0.39, 0.29) is 11.9 Å². The van der Waals surface area contributed by atoms with Gasteiger partial charge in [-0.3, -0.25) is 4.79 Å². The van der Waals surface area contributed by atoms with E-state index in [1.54, 1.807) is 0 Å². The number of rotatable bonds is 5. The van der Waals surface area contributed by atoms with Crippen molar-refractivity contribution in [3.05, 3.63) is 71.8 Å². The summed E-state index contributed by atoms with van der Waals surface area (Å²) in [4.78, 5) is 12.2. The number of nitrogens with one attached hydrogen (secondary N) is 1. The lowest BCUT2D eigenvalue weighted by atomic mass is 9.76. The Morgan fingerprint density at radius 3 is 2.27 bits per heavy atom. The molecule has 1 saturated carbocycles. The molecule has 22 heavy (non-hydrogen) atoms. The Balaban J connectivity index is 1.45. The number of nitrogens with two attached hydrogens (primary N) is 1. The molecule has 114 valence electrons. The zero-order chi connectivity index (χ0) is 15.4. The van der Waals surface area contributed by atoms with Gasteiger partial charge < -0.3 is 11.1 Å². The minimum Gasteiger partial charge on any atom is -0.352 e. The molecule has 1 amide bonds. The Hall–Kier alpha value is -2.13. The number of carbonyl (C=O) groups excluding carboxylic acids is 1. The molecule has 0 saturated heterocycles. The fourth-order valence-corrected chi connectivity index (χ4v) is 3.00. The van der Waals surface area contributed by atoms with Crippen molar-refractivity contribution in [3.63, 3.8) is 0 Å². The van der Waals surface area contributed by atoms with Crippen LogP contribution in [0.1, 0.15) is 29.9 Å². The molecule has 1 fully saturated rings. The molecule has 0 unspecified atom stereocenters. The third-order valence-electron chi connectivity index (χ3n) is 4.39. The first-order chi connectivity index (χ1) is 10.7. The summed E-state index contributed by atoms with van der Waals surface area (Å²) >= 11 is 0. The summed E-state index contributed by atoms with van der Waals surface area (Å²) in [6, 6.07) is 20.2. The highest BCUT2D eigenvalue weighted by Crippen LogP contribution is 2.36. The fraction of sp³-hybridized carbons (Fsp3) is 0.316. The predicted octanol–water partition coefficient (Wildman–Crippen LogP) is 2.62. The maximum atomic E-state index is 12.2. The lowest BCUT2D eigenvalue weighted by Crippen LogP contribution is -2.50. The van der Waals surface area contributed by atoms with E-state index in [1.165, 1.54) is 5.56 Å². The first kappa shape index (κ1) is 14.8. The van der Waals surface area contributed by atoms with Gasteiger partial charge >= 0.3 is 0 Å². The Kier molecular flexibility index (Phi) is 4.54. The molecule has 3 rings (SSSR count). The van der Waals surface area contributed by atoms with Crippen LogP contribution in [-0.4, -0.2) is 18.0 Å². The number of hydrogen-bond donors (Lipinski definition) is 2. The van der Waals surface area contributed by atoms with Crippen LogP contribution in [0.15, 0.2) is 60.7 Å². The summed E-state index contributed by atoms with van der Waals surface area (Å²) in [6.45, 7) is 0. The first-order valence-electron chi connectivity index (χ1n) is 7.87. The molecule has 0 spiro atoms. The fourth-order valence-electron chi connectivity index (χ4n) is 3.00. The van der Waals surface area contributed by atoms with Gasteiger partial charge in [-0.2, -0.15) is 0 Å². The number of hydrogen-bond acceptors (Lipinski definition) is 2. The summed E-state index contributed by atoms with van der Waals surface area (Å²) in [7, 11) is 0. The van der Waals surface area contributed by atoms with Crippen molar-refractivity contribution >= 4 is 5.91 Å². The van der Waals surface area contributed by atoms with E-state index >= 15 is 0 Å². The van der Waals surface area contributed by atoms with E-state index in [4.69, 9.17) is 5.73 Å². The number of carbonyl (C=O) groups is 1. The Bertz CT molecular complexity index is 606. The largest absolute Gasteiger partial charge is 0.352 e. The molecule has 2 aromatic carbocycles. The second-order valence-electron chi connectivity index (χ2n) is 6.08. The van der Waals surface area contributed by atoms with Crippen LogP contribution in [0, 0.1) is 0 Å². The van der Waals surface area contributed by atoms with Crippen LogP contribution < -0.4 is 11.1 Å². The lowest BCUT2D eigenvalue weighted by Gasteiger charge is -2.36. The average molecular weight is 294 g/mol. The Morgan fingerprint density at radius 2 is 1.64 bits per heavy atom. The zero-order valence-electron chi connectivity index (χ0n) is 12.6. The Labute approximate surface area is 131 Å². The van der Waals surface area contributed by atoms with Crippen molar-refractivity contribution in [1.82, 2.24) is 5.32 Å². The molecule has 2 aromatic rings. The highest BCUT2D eigenvalue weighted by atomic mass is 16.2. The van der Waals surface area contributed by atoms with Crippen molar-refractivity contribution in [2.24, 2.45) is 5.73 Å². The van der Waals surface area contributed by atoms with Crippen molar-refractivity contribution in [2.45, 2.75) is 37.3 Å². The van der Waals surface area contributed by atoms with Crippen molar-refractivity contribution < 1.29 is 4.79 Å². The van der Waals surface area contributed by atoms with Crippen LogP contribution in [0.3, 0.4) is 0 Å². The molecule has 0 aliphatic heterocycles. The van der Waals surface area contributed by atoms with E-state index in [1.807, 2.05) is 36.4 Å². The van der Waals surface area contributed by atoms with Gasteiger partial charge in [-0.15, -0.1) is 0 Å². The monoisotopic (exact) mass is 294 g/mol. The quantitative estimate of drug-likeness (QED) is 0.890. The summed E-state index contributed by atoms with van der Waals surface area (Å²) in [5.41, 5.74) is 8.47. The van der Waals surface area contributed by atoms with Gasteiger partial charge in [0.25, 0.3) is 0 Å². The maximum Gasteiger partial charge on any atom is 0.237 e. The molecular weight excluding hydrogens is 272 g/mol. The topological polar surface area (TPSA) is 55.1 Å². The van der Waals surface area contributed by atoms with E-state index in [0.717, 1.165) is 18.4 Å². The summed E-state index contributed by atoms with van der Waals surface area (Å²) in [6.07, 6.45) is 2.60. The third kappa shape index (κ3) is 3.55. The molecule has 0 aromatic heterocycles. The molecule has 1 aliphatic carbocycles. The third-order valence-corrected chi connectivity index (χ3v) is 4.39. The van der Waals surface area contributed by atoms with E-state index in [9.17, 15) is 4.79 Å². The average Bonchev–Trinajstić information content (AvgIpc) is 2.52. The molecule has 0 heterocycles. The minimum absolute atomic E-state index is 0.0413. The van der Waals surface area contributed by atoms with Gasteiger partial charge in [0.05, 0.1) is 6.04 Å². The highest BCUT2D eigenvalue weighted by Gasteiger charge is 2.32. The zero-order valence-corrected chi connectivity index (χ0v) is 12.6. The lowest BCUT2D eigenvalue weighted by molar-refractivity contribution is -0.123. The first-order valence-corrected chi connectivity index (χ1v) is 7.87. The SMILES string of the molecule is N[C@@H](Cc1ccccc1)C(=O)NC1CC(c2ccccc2)C1. The van der Waals surface area contributed by atoms with Crippen molar-refractivity contribution in [1.29, 1.82) is 0 Å². The minimum atomic E-state index is -0.474. The van der Waals surface area contributed by atoms with Crippen LogP contribution in [0.4, 0.5) is 0 Å². The predicted molar refractivity (Wildman–Crippen MR) is 88.5 cm³/mol. The van der Waals surface area contributed by atoms with Gasteiger partial charge in [-0.1, -0.05) is 60.7 Å². The van der Waals surface area contributed by atoms with Gasteiger partial charge in [0.15, 0.2) is 0 Å². The van der Waals surface area contributed by atoms with Gasteiger partial charge in [0, 0.05) is 6.04 Å². The van der Waals surface area contributed by atoms with E-state index < -0.39 is 6.04 Å². The molecule has 0 bridgehead atoms. The molecule has 0 radical (unpaired) electrons. The molecular formula is C19H22N2O. The normalized spacial score (nSPS) is 21.7. The van der Waals surface area contributed by atoms with Gasteiger partial charge in [-0.25, -0.2) is 0 Å². The summed E-state index contributed by atoms with van der Waals surface area (Å²) in [5.74, 6) is 0.525. The van der Waals surface area contributed by atoms with Crippen molar-refractivity contribution in [2.75, 3.05) is 0 Å². The highest BCUT2D eigenvalue weighted by molar-refractivity contribution is 5.82. The van der Waals surface area contributed by atoms with Gasteiger partial charge in [0.1, 0.15) is 0 Å². The van der Waals surface area contributed by atoms with Crippen LogP contribution in [-0.2, 0) is 11.2 Å². The molecule has 1 atom stereocenters. The smallest absolute Gasteiger partial charge is 0.237 e. The number of benzene rings is 2. The number of amides is 1. The van der Waals surface area contributed by atoms with Crippen LogP contribution in [0.25, 0.3) is 0 Å². The standard InChI is InChI=1S/C19H22N2O/c20-18(11-14-7-3-1-4-8-14)19(22)21-17-12-16(13-17)15-9-5-2-6-10-15/h1-10,16-18H,11-13,20H2,(H,21,22)/t16?,17?,18-/m0/s1. The molecule has 3 heteroatoms.